The highest BCUT2D eigenvalue weighted by Gasteiger charge is 2.16. The van der Waals surface area contributed by atoms with Crippen molar-refractivity contribution in [3.05, 3.63) is 78.1 Å². The number of fused-ring (bicyclic) bond motifs is 2. The van der Waals surface area contributed by atoms with Crippen molar-refractivity contribution < 1.29 is 14.3 Å². The molecule has 0 atom stereocenters. The minimum atomic E-state index is -1.14. The van der Waals surface area contributed by atoms with E-state index in [1.807, 2.05) is 35.9 Å². The highest BCUT2D eigenvalue weighted by Crippen LogP contribution is 2.30. The fourth-order valence-electron chi connectivity index (χ4n) is 3.98. The van der Waals surface area contributed by atoms with Crippen LogP contribution in [0.25, 0.3) is 16.4 Å². The quantitative estimate of drug-likeness (QED) is 0.351. The summed E-state index contributed by atoms with van der Waals surface area (Å²) in [5, 5.41) is 24.4. The first-order valence-corrected chi connectivity index (χ1v) is 10.3. The van der Waals surface area contributed by atoms with Crippen LogP contribution in [0.15, 0.2) is 61.2 Å². The van der Waals surface area contributed by atoms with Crippen LogP contribution in [0.3, 0.4) is 0 Å². The summed E-state index contributed by atoms with van der Waals surface area (Å²) in [5.74, 6) is 0.289. The SMILES string of the molecule is CCc1c(NC(=O)O)cn2ncnc(Nc3ccc4c(cnn4Cc4cccc(F)c4)c3)c12. The van der Waals surface area contributed by atoms with Crippen LogP contribution in [0.4, 0.5) is 26.4 Å². The molecule has 166 valence electrons. The molecular formula is C23H20FN7O2. The van der Waals surface area contributed by atoms with Crippen molar-refractivity contribution in [3.63, 3.8) is 0 Å². The number of carboxylic acid groups (broad SMARTS) is 1. The molecule has 33 heavy (non-hydrogen) atoms. The summed E-state index contributed by atoms with van der Waals surface area (Å²) < 4.78 is 16.9. The van der Waals surface area contributed by atoms with Crippen LogP contribution in [-0.4, -0.2) is 35.6 Å². The standard InChI is InChI=1S/C23H20FN7O2/c1-2-18-19(29-23(32)33)12-31-21(18)22(25-13-27-31)28-17-6-7-20-15(9-17)10-26-30(20)11-14-4-3-5-16(24)8-14/h3-10,12-13,29H,2,11H2,1H3,(H,32,33)(H,25,27,28). The fraction of sp³-hybridized carbons (Fsp3) is 0.130. The fourth-order valence-corrected chi connectivity index (χ4v) is 3.98. The zero-order valence-corrected chi connectivity index (χ0v) is 17.7. The molecule has 0 aliphatic rings. The first-order chi connectivity index (χ1) is 16.0. The number of halogens is 1. The average molecular weight is 445 g/mol. The topological polar surface area (TPSA) is 109 Å². The molecule has 0 saturated carbocycles. The largest absolute Gasteiger partial charge is 0.465 e. The summed E-state index contributed by atoms with van der Waals surface area (Å²) in [6.07, 6.45) is 4.27. The van der Waals surface area contributed by atoms with E-state index in [0.717, 1.165) is 27.7 Å². The maximum absolute atomic E-state index is 13.5. The number of aryl methyl sites for hydroxylation is 1. The smallest absolute Gasteiger partial charge is 0.409 e. The molecule has 3 aromatic heterocycles. The van der Waals surface area contributed by atoms with E-state index in [1.54, 1.807) is 23.0 Å². The summed E-state index contributed by atoms with van der Waals surface area (Å²) in [7, 11) is 0. The molecule has 0 fully saturated rings. The molecule has 0 saturated heterocycles. The third-order valence-corrected chi connectivity index (χ3v) is 5.40. The van der Waals surface area contributed by atoms with Crippen molar-refractivity contribution in [3.8, 4) is 0 Å². The number of anilines is 3. The van der Waals surface area contributed by atoms with E-state index in [2.05, 4.69) is 25.8 Å². The van der Waals surface area contributed by atoms with E-state index in [-0.39, 0.29) is 5.82 Å². The lowest BCUT2D eigenvalue weighted by Crippen LogP contribution is -2.07. The van der Waals surface area contributed by atoms with Gasteiger partial charge in [0.15, 0.2) is 5.82 Å². The van der Waals surface area contributed by atoms with Gasteiger partial charge >= 0.3 is 6.09 Å². The number of benzene rings is 2. The van der Waals surface area contributed by atoms with Crippen molar-refractivity contribution in [1.82, 2.24) is 24.4 Å². The highest BCUT2D eigenvalue weighted by atomic mass is 19.1. The number of nitrogens with zero attached hydrogens (tertiary/aromatic N) is 5. The third-order valence-electron chi connectivity index (χ3n) is 5.40. The van der Waals surface area contributed by atoms with Crippen molar-refractivity contribution in [2.75, 3.05) is 10.6 Å². The Balaban J connectivity index is 1.47. The van der Waals surface area contributed by atoms with Crippen LogP contribution in [0, 0.1) is 5.82 Å². The molecule has 9 nitrogen and oxygen atoms in total. The second-order valence-corrected chi connectivity index (χ2v) is 7.54. The maximum Gasteiger partial charge on any atom is 0.409 e. The normalized spacial score (nSPS) is 11.2. The minimum Gasteiger partial charge on any atom is -0.465 e. The second kappa shape index (κ2) is 8.23. The Morgan fingerprint density at radius 1 is 1.18 bits per heavy atom. The first-order valence-electron chi connectivity index (χ1n) is 10.3. The number of hydrogen-bond donors (Lipinski definition) is 3. The zero-order valence-electron chi connectivity index (χ0n) is 17.7. The van der Waals surface area contributed by atoms with E-state index in [9.17, 15) is 9.18 Å². The molecule has 5 aromatic rings. The summed E-state index contributed by atoms with van der Waals surface area (Å²) in [6.45, 7) is 2.40. The van der Waals surface area contributed by atoms with Crippen LogP contribution in [0.1, 0.15) is 18.1 Å². The van der Waals surface area contributed by atoms with Gasteiger partial charge in [-0.05, 0) is 42.3 Å². The Hall–Kier alpha value is -4.47. The predicted molar refractivity (Wildman–Crippen MR) is 123 cm³/mol. The molecule has 0 radical (unpaired) electrons. The van der Waals surface area contributed by atoms with E-state index < -0.39 is 6.09 Å². The molecule has 3 heterocycles. The van der Waals surface area contributed by atoms with Crippen LogP contribution >= 0.6 is 0 Å². The van der Waals surface area contributed by atoms with Gasteiger partial charge in [0.05, 0.1) is 30.1 Å². The monoisotopic (exact) mass is 445 g/mol. The summed E-state index contributed by atoms with van der Waals surface area (Å²) >= 11 is 0. The Kier molecular flexibility index (Phi) is 5.09. The summed E-state index contributed by atoms with van der Waals surface area (Å²) in [4.78, 5) is 15.5. The number of aromatic nitrogens is 5. The average Bonchev–Trinajstić information content (AvgIpc) is 3.34. The second-order valence-electron chi connectivity index (χ2n) is 7.54. The predicted octanol–water partition coefficient (Wildman–Crippen LogP) is 4.66. The Morgan fingerprint density at radius 2 is 2.06 bits per heavy atom. The Morgan fingerprint density at radius 3 is 2.85 bits per heavy atom. The van der Waals surface area contributed by atoms with Gasteiger partial charge in [0.2, 0.25) is 0 Å². The number of nitrogens with one attached hydrogen (secondary N) is 2. The lowest BCUT2D eigenvalue weighted by molar-refractivity contribution is 0.209. The molecule has 0 unspecified atom stereocenters. The van der Waals surface area contributed by atoms with Crippen molar-refractivity contribution in [1.29, 1.82) is 0 Å². The van der Waals surface area contributed by atoms with Gasteiger partial charge in [-0.1, -0.05) is 19.1 Å². The maximum atomic E-state index is 13.5. The van der Waals surface area contributed by atoms with Crippen molar-refractivity contribution in [2.24, 2.45) is 0 Å². The van der Waals surface area contributed by atoms with Crippen LogP contribution in [0.2, 0.25) is 0 Å². The Labute approximate surface area is 187 Å². The van der Waals surface area contributed by atoms with E-state index in [1.165, 1.54) is 18.5 Å². The van der Waals surface area contributed by atoms with Gasteiger partial charge in [0, 0.05) is 16.6 Å². The first kappa shape index (κ1) is 20.4. The zero-order chi connectivity index (χ0) is 22.9. The molecular weight excluding hydrogens is 425 g/mol. The van der Waals surface area contributed by atoms with Crippen molar-refractivity contribution >= 4 is 39.7 Å². The van der Waals surface area contributed by atoms with Gasteiger partial charge in [-0.25, -0.2) is 18.7 Å². The molecule has 2 aromatic carbocycles. The van der Waals surface area contributed by atoms with Gasteiger partial charge in [0.1, 0.15) is 17.7 Å². The molecule has 1 amide bonds. The number of amides is 1. The molecule has 0 spiro atoms. The van der Waals surface area contributed by atoms with Crippen LogP contribution in [-0.2, 0) is 13.0 Å². The van der Waals surface area contributed by atoms with E-state index in [4.69, 9.17) is 5.11 Å². The lowest BCUT2D eigenvalue weighted by atomic mass is 10.2. The highest BCUT2D eigenvalue weighted by molar-refractivity contribution is 5.90. The molecule has 0 aliphatic heterocycles. The van der Waals surface area contributed by atoms with Crippen LogP contribution in [0.5, 0.6) is 0 Å². The minimum absolute atomic E-state index is 0.273. The van der Waals surface area contributed by atoms with E-state index >= 15 is 0 Å². The third kappa shape index (κ3) is 3.93. The van der Waals surface area contributed by atoms with Gasteiger partial charge in [-0.2, -0.15) is 10.2 Å². The Bertz CT molecular complexity index is 1490. The number of rotatable bonds is 6. The lowest BCUT2D eigenvalue weighted by Gasteiger charge is -2.09. The van der Waals surface area contributed by atoms with Gasteiger partial charge in [-0.3, -0.25) is 10.00 Å². The molecule has 5 rings (SSSR count). The van der Waals surface area contributed by atoms with Gasteiger partial charge < -0.3 is 10.4 Å². The summed E-state index contributed by atoms with van der Waals surface area (Å²) in [6, 6.07) is 12.3. The number of hydrogen-bond acceptors (Lipinski definition) is 5. The van der Waals surface area contributed by atoms with Gasteiger partial charge in [0.25, 0.3) is 0 Å². The van der Waals surface area contributed by atoms with E-state index in [0.29, 0.717) is 30.0 Å². The summed E-state index contributed by atoms with van der Waals surface area (Å²) in [5.41, 5.74) is 4.52. The molecule has 0 bridgehead atoms. The molecule has 0 aliphatic carbocycles. The number of carbonyl (C=O) groups is 1. The molecule has 3 N–H and O–H groups in total. The van der Waals surface area contributed by atoms with Gasteiger partial charge in [-0.15, -0.1) is 0 Å². The van der Waals surface area contributed by atoms with Crippen LogP contribution < -0.4 is 10.6 Å². The molecule has 10 heteroatoms. The van der Waals surface area contributed by atoms with Crippen molar-refractivity contribution in [2.45, 2.75) is 19.9 Å².